The molecule has 0 spiro atoms. The van der Waals surface area contributed by atoms with Gasteiger partial charge in [-0.2, -0.15) is 0 Å². The van der Waals surface area contributed by atoms with Gasteiger partial charge in [-0.05, 0) is 37.2 Å². The van der Waals surface area contributed by atoms with Gasteiger partial charge in [0.15, 0.2) is 5.11 Å². The molecule has 1 aliphatic carbocycles. The maximum absolute atomic E-state index is 12.2. The molecule has 1 aromatic carbocycles. The number of fused-ring (bicyclic) bond motifs is 1. The molecule has 6 nitrogen and oxygen atoms in total. The zero-order valence-corrected chi connectivity index (χ0v) is 14.0. The molecule has 3 amide bonds. The quantitative estimate of drug-likeness (QED) is 0.643. The lowest BCUT2D eigenvalue weighted by Gasteiger charge is -2.24. The van der Waals surface area contributed by atoms with Gasteiger partial charge < -0.3 is 10.6 Å². The Morgan fingerprint density at radius 1 is 1.08 bits per heavy atom. The Morgan fingerprint density at radius 3 is 2.25 bits per heavy atom. The third-order valence-corrected chi connectivity index (χ3v) is 4.59. The van der Waals surface area contributed by atoms with Gasteiger partial charge in [0.05, 0.1) is 11.1 Å². The summed E-state index contributed by atoms with van der Waals surface area (Å²) in [6.07, 6.45) is 5.62. The van der Waals surface area contributed by atoms with Gasteiger partial charge in [0, 0.05) is 6.04 Å². The molecule has 0 aromatic heterocycles. The molecule has 1 heterocycles. The zero-order chi connectivity index (χ0) is 17.1. The predicted octanol–water partition coefficient (Wildman–Crippen LogP) is 1.61. The summed E-state index contributed by atoms with van der Waals surface area (Å²) in [7, 11) is 0. The molecule has 7 heteroatoms. The average Bonchev–Trinajstić information content (AvgIpc) is 2.81. The first-order valence-electron chi connectivity index (χ1n) is 8.12. The van der Waals surface area contributed by atoms with Crippen LogP contribution in [0.3, 0.4) is 0 Å². The Morgan fingerprint density at radius 2 is 1.67 bits per heavy atom. The maximum atomic E-state index is 12.2. The number of rotatable bonds is 3. The summed E-state index contributed by atoms with van der Waals surface area (Å²) in [5, 5.41) is 5.94. The van der Waals surface area contributed by atoms with Crippen molar-refractivity contribution >= 4 is 35.1 Å². The van der Waals surface area contributed by atoms with Crippen molar-refractivity contribution in [1.82, 2.24) is 15.5 Å². The molecule has 1 aromatic rings. The van der Waals surface area contributed by atoms with E-state index in [4.69, 9.17) is 12.2 Å². The second-order valence-corrected chi connectivity index (χ2v) is 6.51. The van der Waals surface area contributed by atoms with Gasteiger partial charge in [-0.15, -0.1) is 0 Å². The van der Waals surface area contributed by atoms with Gasteiger partial charge in [-0.1, -0.05) is 31.4 Å². The van der Waals surface area contributed by atoms with Crippen molar-refractivity contribution in [2.45, 2.75) is 38.1 Å². The molecular formula is C17H19N3O3S. The Hall–Kier alpha value is -2.28. The fourth-order valence-electron chi connectivity index (χ4n) is 3.16. The van der Waals surface area contributed by atoms with Crippen molar-refractivity contribution in [2.75, 3.05) is 6.54 Å². The van der Waals surface area contributed by atoms with Crippen LogP contribution in [0, 0.1) is 0 Å². The first-order valence-corrected chi connectivity index (χ1v) is 8.52. The smallest absolute Gasteiger partial charge is 0.262 e. The highest BCUT2D eigenvalue weighted by Gasteiger charge is 2.36. The molecule has 0 saturated heterocycles. The highest BCUT2D eigenvalue weighted by atomic mass is 32.1. The lowest BCUT2D eigenvalue weighted by atomic mass is 9.96. The van der Waals surface area contributed by atoms with Gasteiger partial charge in [-0.3, -0.25) is 19.3 Å². The lowest BCUT2D eigenvalue weighted by molar-refractivity contribution is -0.120. The fraction of sp³-hybridized carbons (Fsp3) is 0.412. The molecule has 0 bridgehead atoms. The molecule has 24 heavy (non-hydrogen) atoms. The molecular weight excluding hydrogens is 326 g/mol. The van der Waals surface area contributed by atoms with Crippen molar-refractivity contribution in [3.63, 3.8) is 0 Å². The van der Waals surface area contributed by atoms with E-state index < -0.39 is 17.7 Å². The summed E-state index contributed by atoms with van der Waals surface area (Å²) in [5.41, 5.74) is 0.663. The van der Waals surface area contributed by atoms with E-state index in [9.17, 15) is 14.4 Å². The molecule has 126 valence electrons. The van der Waals surface area contributed by atoms with E-state index in [1.165, 1.54) is 6.42 Å². The van der Waals surface area contributed by atoms with E-state index in [1.54, 1.807) is 24.3 Å². The standard InChI is InChI=1S/C17H19N3O3S/c21-14(19-17(24)18-11-6-2-1-3-7-11)10-20-15(22)12-8-4-5-9-13(12)16(20)23/h4-5,8-9,11H,1-3,6-7,10H2,(H2,18,19,21,24). The Balaban J connectivity index is 1.55. The molecule has 1 aliphatic heterocycles. The SMILES string of the molecule is O=C(CN1C(=O)c2ccccc2C1=O)NC(=S)NC1CCCCC1. The van der Waals surface area contributed by atoms with Crippen LogP contribution in [-0.2, 0) is 4.79 Å². The van der Waals surface area contributed by atoms with Gasteiger partial charge in [0.1, 0.15) is 6.54 Å². The normalized spacial score (nSPS) is 17.6. The second-order valence-electron chi connectivity index (χ2n) is 6.10. The summed E-state index contributed by atoms with van der Waals surface area (Å²) < 4.78 is 0. The van der Waals surface area contributed by atoms with Crippen LogP contribution in [0.5, 0.6) is 0 Å². The number of carbonyl (C=O) groups excluding carboxylic acids is 3. The monoisotopic (exact) mass is 345 g/mol. The van der Waals surface area contributed by atoms with Crippen LogP contribution >= 0.6 is 12.2 Å². The van der Waals surface area contributed by atoms with Crippen molar-refractivity contribution in [1.29, 1.82) is 0 Å². The van der Waals surface area contributed by atoms with Crippen LogP contribution in [0.1, 0.15) is 52.8 Å². The van der Waals surface area contributed by atoms with E-state index in [1.807, 2.05) is 0 Å². The number of imide groups is 1. The van der Waals surface area contributed by atoms with Crippen LogP contribution in [0.15, 0.2) is 24.3 Å². The molecule has 2 N–H and O–H groups in total. The Kier molecular flexibility index (Phi) is 4.89. The topological polar surface area (TPSA) is 78.5 Å². The van der Waals surface area contributed by atoms with Crippen LogP contribution in [0.25, 0.3) is 0 Å². The van der Waals surface area contributed by atoms with Crippen molar-refractivity contribution in [3.05, 3.63) is 35.4 Å². The van der Waals surface area contributed by atoms with Crippen LogP contribution in [-0.4, -0.2) is 40.3 Å². The largest absolute Gasteiger partial charge is 0.360 e. The minimum absolute atomic E-state index is 0.253. The number of thiocarbonyl (C=S) groups is 1. The predicted molar refractivity (Wildman–Crippen MR) is 92.6 cm³/mol. The van der Waals surface area contributed by atoms with Crippen molar-refractivity contribution in [3.8, 4) is 0 Å². The first-order chi connectivity index (χ1) is 11.6. The number of nitrogens with zero attached hydrogens (tertiary/aromatic N) is 1. The minimum Gasteiger partial charge on any atom is -0.360 e. The minimum atomic E-state index is -0.474. The van der Waals surface area contributed by atoms with Crippen LogP contribution < -0.4 is 10.6 Å². The molecule has 1 fully saturated rings. The first kappa shape index (κ1) is 16.6. The molecule has 0 radical (unpaired) electrons. The number of hydrogen-bond acceptors (Lipinski definition) is 4. The summed E-state index contributed by atoms with van der Waals surface area (Å²) >= 11 is 5.15. The third kappa shape index (κ3) is 3.46. The summed E-state index contributed by atoms with van der Waals surface area (Å²) in [6, 6.07) is 6.84. The van der Waals surface area contributed by atoms with E-state index >= 15 is 0 Å². The van der Waals surface area contributed by atoms with Gasteiger partial charge in [0.25, 0.3) is 11.8 Å². The Bertz CT molecular complexity index is 663. The molecule has 2 aliphatic rings. The van der Waals surface area contributed by atoms with E-state index in [-0.39, 0.29) is 17.7 Å². The number of nitrogens with one attached hydrogen (secondary N) is 2. The average molecular weight is 345 g/mol. The summed E-state index contributed by atoms with van der Waals surface area (Å²) in [5.74, 6) is -1.37. The van der Waals surface area contributed by atoms with Crippen molar-refractivity contribution in [2.24, 2.45) is 0 Å². The number of amides is 3. The summed E-state index contributed by atoms with van der Waals surface area (Å²) in [6.45, 7) is -0.334. The highest BCUT2D eigenvalue weighted by Crippen LogP contribution is 2.22. The van der Waals surface area contributed by atoms with Gasteiger partial charge in [0.2, 0.25) is 5.91 Å². The van der Waals surface area contributed by atoms with Crippen molar-refractivity contribution < 1.29 is 14.4 Å². The number of benzene rings is 1. The second kappa shape index (κ2) is 7.09. The number of carbonyl (C=O) groups is 3. The lowest BCUT2D eigenvalue weighted by Crippen LogP contribution is -2.48. The Labute approximate surface area is 145 Å². The maximum Gasteiger partial charge on any atom is 0.262 e. The van der Waals surface area contributed by atoms with E-state index in [2.05, 4.69) is 10.6 Å². The number of hydrogen-bond donors (Lipinski definition) is 2. The highest BCUT2D eigenvalue weighted by molar-refractivity contribution is 7.80. The van der Waals surface area contributed by atoms with Gasteiger partial charge in [-0.25, -0.2) is 0 Å². The van der Waals surface area contributed by atoms with Crippen LogP contribution in [0.4, 0.5) is 0 Å². The molecule has 0 atom stereocenters. The van der Waals surface area contributed by atoms with E-state index in [0.717, 1.165) is 30.6 Å². The molecule has 3 rings (SSSR count). The van der Waals surface area contributed by atoms with E-state index in [0.29, 0.717) is 11.1 Å². The molecule has 1 saturated carbocycles. The third-order valence-electron chi connectivity index (χ3n) is 4.37. The zero-order valence-electron chi connectivity index (χ0n) is 13.2. The van der Waals surface area contributed by atoms with Gasteiger partial charge >= 0.3 is 0 Å². The summed E-state index contributed by atoms with van der Waals surface area (Å²) in [4.78, 5) is 37.5. The van der Waals surface area contributed by atoms with Crippen LogP contribution in [0.2, 0.25) is 0 Å². The fourth-order valence-corrected chi connectivity index (χ4v) is 3.44. The molecule has 0 unspecified atom stereocenters.